The van der Waals surface area contributed by atoms with Gasteiger partial charge in [0.25, 0.3) is 16.7 Å². The first-order valence-corrected chi connectivity index (χ1v) is 29.7. The molecule has 0 aliphatic carbocycles. The molecule has 0 bridgehead atoms. The van der Waals surface area contributed by atoms with Crippen molar-refractivity contribution in [3.63, 3.8) is 0 Å². The third-order valence-corrected chi connectivity index (χ3v) is 18.0. The average Bonchev–Trinajstić information content (AvgIpc) is 4.43. The van der Waals surface area contributed by atoms with E-state index in [4.69, 9.17) is 54.2 Å². The minimum Gasteiger partial charge on any atom is -0.387 e. The lowest BCUT2D eigenvalue weighted by atomic mass is 9.94. The van der Waals surface area contributed by atoms with E-state index in [2.05, 4.69) is 53.8 Å². The maximum atomic E-state index is 13.8. The first kappa shape index (κ1) is 60.0. The molecule has 3 saturated heterocycles. The van der Waals surface area contributed by atoms with Gasteiger partial charge in [-0.15, -0.1) is 0 Å². The number of phosphoric acid groups is 4. The van der Waals surface area contributed by atoms with Crippen LogP contribution >= 0.6 is 31.3 Å². The van der Waals surface area contributed by atoms with Gasteiger partial charge >= 0.3 is 36.9 Å². The third-order valence-electron chi connectivity index (χ3n) is 12.7. The third kappa shape index (κ3) is 12.7. The molecule has 0 spiro atoms. The summed E-state index contributed by atoms with van der Waals surface area (Å²) in [5.74, 6) is -2.54. The quantitative estimate of drug-likeness (QED) is 0.0218. The maximum Gasteiger partial charge on any atom is 0.490 e. The van der Waals surface area contributed by atoms with Crippen LogP contribution in [0.4, 0.5) is 17.7 Å². The van der Waals surface area contributed by atoms with Gasteiger partial charge in [-0.25, -0.2) is 42.8 Å². The number of aromatic nitrogens is 12. The van der Waals surface area contributed by atoms with Crippen LogP contribution in [0.1, 0.15) is 38.4 Å². The molecule has 16 atom stereocenters. The second kappa shape index (κ2) is 23.2. The van der Waals surface area contributed by atoms with Crippen molar-refractivity contribution in [3.05, 3.63) is 46.0 Å². The molecular formula is C37H53N16O24P4+. The number of nitrogens with one attached hydrogen (secondary N) is 3. The van der Waals surface area contributed by atoms with Crippen LogP contribution in [0.5, 0.6) is 0 Å². The number of methoxy groups -OCH3 is 1. The van der Waals surface area contributed by atoms with E-state index in [0.717, 1.165) is 30.7 Å². The highest BCUT2D eigenvalue weighted by Crippen LogP contribution is 2.68. The Labute approximate surface area is 451 Å². The number of aryl methyl sites for hydroxylation is 1. The van der Waals surface area contributed by atoms with Gasteiger partial charge in [-0.2, -0.15) is 23.2 Å². The van der Waals surface area contributed by atoms with Gasteiger partial charge in [0.05, 0.1) is 45.6 Å². The van der Waals surface area contributed by atoms with Gasteiger partial charge < -0.3 is 76.4 Å². The largest absolute Gasteiger partial charge is 0.490 e. The molecule has 40 nitrogen and oxygen atoms in total. The van der Waals surface area contributed by atoms with Crippen LogP contribution in [0.3, 0.4) is 0 Å². The molecule has 16 N–H and O–H groups in total. The summed E-state index contributed by atoms with van der Waals surface area (Å²) < 4.78 is 111. The Morgan fingerprint density at radius 3 is 1.94 bits per heavy atom. The molecule has 9 heterocycles. The van der Waals surface area contributed by atoms with Gasteiger partial charge in [-0.05, 0) is 6.42 Å². The zero-order valence-corrected chi connectivity index (χ0v) is 45.6. The number of rotatable bonds is 23. The topological polar surface area (TPSA) is 571 Å². The van der Waals surface area contributed by atoms with Crippen molar-refractivity contribution >= 4 is 88.4 Å². The Hall–Kier alpha value is -5.64. The number of hydrogen-bond donors (Lipinski definition) is 13. The van der Waals surface area contributed by atoms with Crippen molar-refractivity contribution in [2.75, 3.05) is 50.7 Å². The highest BCUT2D eigenvalue weighted by atomic mass is 31.3. The van der Waals surface area contributed by atoms with Gasteiger partial charge in [-0.3, -0.25) is 51.6 Å². The number of aliphatic hydroxyl groups is 3. The number of imidazole rings is 3. The minimum absolute atomic E-state index is 0.00465. The number of aromatic amines is 2. The van der Waals surface area contributed by atoms with E-state index >= 15 is 0 Å². The van der Waals surface area contributed by atoms with Crippen molar-refractivity contribution in [1.82, 2.24) is 58.9 Å². The summed E-state index contributed by atoms with van der Waals surface area (Å²) in [4.78, 5) is 110. The van der Waals surface area contributed by atoms with Gasteiger partial charge in [0.2, 0.25) is 30.4 Å². The van der Waals surface area contributed by atoms with Crippen molar-refractivity contribution in [3.8, 4) is 0 Å². The molecule has 444 valence electrons. The lowest BCUT2D eigenvalue weighted by Gasteiger charge is -2.26. The summed E-state index contributed by atoms with van der Waals surface area (Å²) in [5.41, 5.74) is 15.6. The Morgan fingerprint density at radius 2 is 1.27 bits per heavy atom. The number of hydrogen-bond acceptors (Lipinski definition) is 29. The molecule has 3 aliphatic rings. The lowest BCUT2D eigenvalue weighted by Crippen LogP contribution is -2.38. The van der Waals surface area contributed by atoms with Crippen LogP contribution in [0, 0.1) is 5.92 Å². The number of H-pyrrole nitrogens is 2. The van der Waals surface area contributed by atoms with E-state index in [0.29, 0.717) is 6.42 Å². The normalized spacial score (nSPS) is 29.0. The number of nitrogens with two attached hydrogens (primary N) is 3. The number of amides is 1. The summed E-state index contributed by atoms with van der Waals surface area (Å²) in [6.45, 7) is -1.31. The fraction of sp³-hybridized carbons (Fsp3) is 0.568. The van der Waals surface area contributed by atoms with Crippen molar-refractivity contribution < 1.29 is 108 Å². The van der Waals surface area contributed by atoms with E-state index in [-0.39, 0.29) is 57.8 Å². The number of carbonyl (C=O) groups excluding carboxylic acids is 1. The highest BCUT2D eigenvalue weighted by Gasteiger charge is 2.54. The molecule has 0 aromatic carbocycles. The number of carbonyl (C=O) groups is 1. The number of nitrogens with zero attached hydrogens (tertiary/aromatic N) is 10. The Balaban J connectivity index is 0.878. The van der Waals surface area contributed by atoms with Crippen LogP contribution in [0.15, 0.2) is 34.9 Å². The molecule has 81 heavy (non-hydrogen) atoms. The standard InChI is InChI=1S/C37H52N16O24P4/c1-4-5-41-18(54)6-14-15(72-33(22(14)55)53-13-50(2)21-30(53)47-37(40)49-32(21)59)7-70-79(62,63)76-81(66,67)77-80(64,65)71-9-17-25(26(68-3)35(74-17)51-11-44-19-27(38)42-10-43-28(19)51)75-78(60,61)69-8-16-23(56)24(57)34(73-16)52-12-45-20-29(52)46-36(39)48-31(20)58/h10-17,22-26,33-35,55-57H,4-9H2,1-3H3,(H12-,38,39,40,41,42,43,46,47,48,49,54,58,59,60,61,62,63,64,65,66,67)/p+1/t14?,15-,16-,17?,22-,23-,24-,25-,26-,33?,34-,35-/m1/s1. The summed E-state index contributed by atoms with van der Waals surface area (Å²) in [6, 6.07) is 0. The fourth-order valence-corrected chi connectivity index (χ4v) is 13.7. The molecule has 6 aromatic heterocycles. The van der Waals surface area contributed by atoms with Gasteiger partial charge in [0.1, 0.15) is 54.6 Å². The van der Waals surface area contributed by atoms with Crippen molar-refractivity contribution in [1.29, 1.82) is 0 Å². The van der Waals surface area contributed by atoms with Gasteiger partial charge in [-0.1, -0.05) is 6.92 Å². The fourth-order valence-electron chi connectivity index (χ4n) is 9.18. The second-order valence-electron chi connectivity index (χ2n) is 18.2. The minimum atomic E-state index is -6.24. The SMILES string of the molecule is CCCNC(=O)CC1[C@@H](O)C(n2c[n+](C)c3c(=O)[nH]c(N)nc32)O[C@@H]1COP(=O)(O)OP(=O)(O)OP(=O)(O)OCC1O[C@@H](n2cnc3c(N)ncnc32)[C@H](OC)[C@@H]1OP(=O)(O)OC[C@H]1O[C@@H](n2cnc3c(=O)[nH]c(N)nc32)[C@H](O)[C@@H]1O. The van der Waals surface area contributed by atoms with Crippen molar-refractivity contribution in [2.24, 2.45) is 13.0 Å². The average molecular weight is 1230 g/mol. The van der Waals surface area contributed by atoms with E-state index in [1.165, 1.54) is 27.1 Å². The van der Waals surface area contributed by atoms with E-state index in [9.17, 15) is 67.5 Å². The Kier molecular flexibility index (Phi) is 17.2. The summed E-state index contributed by atoms with van der Waals surface area (Å²) >= 11 is 0. The number of anilines is 3. The predicted molar refractivity (Wildman–Crippen MR) is 264 cm³/mol. The molecule has 6 aromatic rings. The molecule has 0 radical (unpaired) electrons. The number of aliphatic hydroxyl groups excluding tert-OH is 3. The van der Waals surface area contributed by atoms with Crippen LogP contribution in [0.25, 0.3) is 33.5 Å². The highest BCUT2D eigenvalue weighted by molar-refractivity contribution is 7.66. The first-order valence-electron chi connectivity index (χ1n) is 23.7. The van der Waals surface area contributed by atoms with Gasteiger partial charge in [0.15, 0.2) is 35.1 Å². The summed E-state index contributed by atoms with van der Waals surface area (Å²) in [5, 5.41) is 35.9. The zero-order chi connectivity index (χ0) is 58.7. The van der Waals surface area contributed by atoms with Gasteiger partial charge in [0, 0.05) is 26.0 Å². The van der Waals surface area contributed by atoms with Crippen LogP contribution in [0.2, 0.25) is 0 Å². The molecule has 7 unspecified atom stereocenters. The first-order chi connectivity index (χ1) is 38.1. The van der Waals surface area contributed by atoms with E-state index < -0.39 is 148 Å². The molecule has 3 aliphatic heterocycles. The summed E-state index contributed by atoms with van der Waals surface area (Å²) in [7, 11) is -21.0. The smallest absolute Gasteiger partial charge is 0.387 e. The second-order valence-corrected chi connectivity index (χ2v) is 24.2. The van der Waals surface area contributed by atoms with Crippen LogP contribution in [-0.4, -0.2) is 177 Å². The Morgan fingerprint density at radius 1 is 0.704 bits per heavy atom. The maximum absolute atomic E-state index is 13.8. The summed E-state index contributed by atoms with van der Waals surface area (Å²) in [6.07, 6.45) is -13.4. The molecule has 9 rings (SSSR count). The monoisotopic (exact) mass is 1230 g/mol. The van der Waals surface area contributed by atoms with E-state index in [1.54, 1.807) is 6.92 Å². The molecule has 0 saturated carbocycles. The number of fused-ring (bicyclic) bond motifs is 3. The number of ether oxygens (including phenoxy) is 4. The van der Waals surface area contributed by atoms with Crippen molar-refractivity contribution in [2.45, 2.75) is 87.3 Å². The van der Waals surface area contributed by atoms with Crippen LogP contribution < -0.4 is 38.2 Å². The predicted octanol–water partition coefficient (Wildman–Crippen LogP) is -3.54. The molecular weight excluding hydrogens is 1180 g/mol. The zero-order valence-electron chi connectivity index (χ0n) is 42.0. The molecule has 1 amide bonds. The lowest BCUT2D eigenvalue weighted by molar-refractivity contribution is -0.646. The molecule has 3 fully saturated rings. The number of phosphoric ester groups is 3. The Bertz CT molecular complexity index is 3660. The number of nitrogen functional groups attached to an aromatic ring is 3. The van der Waals surface area contributed by atoms with Crippen LogP contribution in [-0.2, 0) is 75.8 Å². The molecule has 44 heteroatoms. The van der Waals surface area contributed by atoms with E-state index in [1.807, 2.05) is 0 Å².